The molecule has 0 fully saturated rings. The molecule has 0 spiro atoms. The normalized spacial score (nSPS) is 14.7. The lowest BCUT2D eigenvalue weighted by molar-refractivity contribution is -0.0232. The first-order valence-electron chi connectivity index (χ1n) is 7.19. The van der Waals surface area contributed by atoms with E-state index in [9.17, 15) is 27.5 Å². The van der Waals surface area contributed by atoms with Crippen molar-refractivity contribution in [3.63, 3.8) is 0 Å². The van der Waals surface area contributed by atoms with Gasteiger partial charge in [-0.1, -0.05) is 0 Å². The van der Waals surface area contributed by atoms with E-state index in [4.69, 9.17) is 0 Å². The molecule has 0 saturated carbocycles. The van der Waals surface area contributed by atoms with Crippen LogP contribution < -0.4 is 0 Å². The van der Waals surface area contributed by atoms with Crippen LogP contribution in [0.1, 0.15) is 25.9 Å². The summed E-state index contributed by atoms with van der Waals surface area (Å²) in [5.74, 6) is 0. The second-order valence-corrected chi connectivity index (χ2v) is 5.42. The van der Waals surface area contributed by atoms with Crippen molar-refractivity contribution in [2.75, 3.05) is 13.2 Å². The van der Waals surface area contributed by atoms with E-state index in [2.05, 4.69) is 9.97 Å². The molecule has 0 aromatic carbocycles. The first kappa shape index (κ1) is 20.2. The Morgan fingerprint density at radius 2 is 1.25 bits per heavy atom. The molecule has 0 aliphatic carbocycles. The fourth-order valence-electron chi connectivity index (χ4n) is 2.52. The van der Waals surface area contributed by atoms with Gasteiger partial charge in [0.25, 0.3) is 0 Å². The highest BCUT2D eigenvalue weighted by atomic mass is 19.5. The fraction of sp³-hybridized carbons (Fsp3) is 0.538. The van der Waals surface area contributed by atoms with Gasteiger partial charge in [-0.2, -0.15) is 0 Å². The van der Waals surface area contributed by atoms with Crippen molar-refractivity contribution >= 4 is 7.25 Å². The van der Waals surface area contributed by atoms with Crippen molar-refractivity contribution < 1.29 is 27.5 Å². The number of rotatable bonds is 6. The van der Waals surface area contributed by atoms with Gasteiger partial charge < -0.3 is 36.6 Å². The molecule has 2 unspecified atom stereocenters. The number of hydrogen-bond donors (Lipinski definition) is 2. The lowest BCUT2D eigenvalue weighted by Gasteiger charge is -2.41. The highest BCUT2D eigenvalue weighted by Crippen LogP contribution is 2.41. The minimum Gasteiger partial charge on any atom is -0.418 e. The lowest BCUT2D eigenvalue weighted by Crippen LogP contribution is -2.44. The highest BCUT2D eigenvalue weighted by molar-refractivity contribution is 6.50. The van der Waals surface area contributed by atoms with Crippen LogP contribution in [-0.4, -0.2) is 49.8 Å². The van der Waals surface area contributed by atoms with E-state index in [0.29, 0.717) is 0 Å². The minimum absolute atomic E-state index is 0.0950. The third kappa shape index (κ3) is 5.06. The first-order chi connectivity index (χ1) is 11.2. The molecule has 6 nitrogen and oxygen atoms in total. The molecule has 11 heteroatoms. The molecule has 2 N–H and O–H groups in total. The van der Waals surface area contributed by atoms with Gasteiger partial charge in [0.15, 0.2) is 0 Å². The van der Waals surface area contributed by atoms with Crippen LogP contribution >= 0.6 is 0 Å². The third-order valence-corrected chi connectivity index (χ3v) is 4.20. The summed E-state index contributed by atoms with van der Waals surface area (Å²) in [5, 5.41) is 19.8. The van der Waals surface area contributed by atoms with Crippen LogP contribution in [0.3, 0.4) is 0 Å². The summed E-state index contributed by atoms with van der Waals surface area (Å²) in [6.07, 6.45) is 10.5. The van der Waals surface area contributed by atoms with Crippen LogP contribution in [0, 0.1) is 5.41 Å². The van der Waals surface area contributed by atoms with E-state index in [1.54, 1.807) is 25.0 Å². The maximum atomic E-state index is 9.89. The van der Waals surface area contributed by atoms with Crippen molar-refractivity contribution in [3.05, 3.63) is 37.4 Å². The largest absolute Gasteiger partial charge is 0.673 e. The Morgan fingerprint density at radius 1 is 0.917 bits per heavy atom. The fourth-order valence-corrected chi connectivity index (χ4v) is 2.52. The molecule has 0 amide bonds. The van der Waals surface area contributed by atoms with Gasteiger partial charge in [0.2, 0.25) is 0 Å². The Balaban J connectivity index is 0.000000505. The first-order valence-corrected chi connectivity index (χ1v) is 7.19. The number of nitrogens with zero attached hydrogens (tertiary/aromatic N) is 4. The molecular weight excluding hydrogens is 331 g/mol. The van der Waals surface area contributed by atoms with Crippen molar-refractivity contribution in [2.24, 2.45) is 5.41 Å². The third-order valence-electron chi connectivity index (χ3n) is 4.20. The van der Waals surface area contributed by atoms with Crippen LogP contribution in [0.5, 0.6) is 0 Å². The summed E-state index contributed by atoms with van der Waals surface area (Å²) in [7, 11) is -6.00. The highest BCUT2D eigenvalue weighted by Gasteiger charge is 2.42. The zero-order chi connectivity index (χ0) is 18.4. The van der Waals surface area contributed by atoms with Gasteiger partial charge in [0, 0.05) is 36.9 Å². The van der Waals surface area contributed by atoms with Gasteiger partial charge in [0.1, 0.15) is 0 Å². The molecular formula is C13H20BF4N4O2-. The molecule has 0 aliphatic rings. The Labute approximate surface area is 136 Å². The van der Waals surface area contributed by atoms with Crippen molar-refractivity contribution in [2.45, 2.75) is 25.9 Å². The molecule has 2 aromatic rings. The summed E-state index contributed by atoms with van der Waals surface area (Å²) in [6, 6.07) is -0.190. The van der Waals surface area contributed by atoms with Gasteiger partial charge in [-0.3, -0.25) is 0 Å². The van der Waals surface area contributed by atoms with Gasteiger partial charge in [0.05, 0.1) is 31.3 Å². The second kappa shape index (κ2) is 8.29. The molecule has 2 rings (SSSR count). The van der Waals surface area contributed by atoms with Crippen LogP contribution in [0.4, 0.5) is 17.3 Å². The number of aliphatic hydroxyl groups is 2. The summed E-state index contributed by atoms with van der Waals surface area (Å²) in [4.78, 5) is 8.06. The quantitative estimate of drug-likeness (QED) is 0.618. The average Bonchev–Trinajstić information content (AvgIpc) is 3.20. The maximum absolute atomic E-state index is 9.89. The van der Waals surface area contributed by atoms with Crippen LogP contribution in [0.15, 0.2) is 37.4 Å². The molecule has 0 saturated heterocycles. The summed E-state index contributed by atoms with van der Waals surface area (Å²) in [6.45, 7) is 3.70. The average molecular weight is 351 g/mol. The van der Waals surface area contributed by atoms with E-state index < -0.39 is 12.7 Å². The van der Waals surface area contributed by atoms with Crippen molar-refractivity contribution in [1.29, 1.82) is 0 Å². The summed E-state index contributed by atoms with van der Waals surface area (Å²) >= 11 is 0. The second-order valence-electron chi connectivity index (χ2n) is 5.42. The van der Waals surface area contributed by atoms with Crippen LogP contribution in [-0.2, 0) is 0 Å². The van der Waals surface area contributed by atoms with E-state index >= 15 is 0 Å². The molecule has 136 valence electrons. The summed E-state index contributed by atoms with van der Waals surface area (Å²) < 4.78 is 42.8. The number of aliphatic hydroxyl groups excluding tert-OH is 2. The number of halogens is 4. The van der Waals surface area contributed by atoms with E-state index in [1.165, 1.54) is 0 Å². The molecule has 0 bridgehead atoms. The molecule has 0 radical (unpaired) electrons. The molecule has 0 aliphatic heterocycles. The van der Waals surface area contributed by atoms with Crippen LogP contribution in [0.25, 0.3) is 0 Å². The zero-order valence-corrected chi connectivity index (χ0v) is 13.3. The Morgan fingerprint density at radius 3 is 1.46 bits per heavy atom. The van der Waals surface area contributed by atoms with Gasteiger partial charge in [-0.05, 0) is 13.8 Å². The van der Waals surface area contributed by atoms with Crippen LogP contribution in [0.2, 0.25) is 0 Å². The van der Waals surface area contributed by atoms with Gasteiger partial charge in [-0.25, -0.2) is 9.97 Å². The topological polar surface area (TPSA) is 76.1 Å². The smallest absolute Gasteiger partial charge is 0.418 e. The van der Waals surface area contributed by atoms with Gasteiger partial charge >= 0.3 is 7.25 Å². The minimum atomic E-state index is -6.00. The number of hydrogen-bond acceptors (Lipinski definition) is 4. The molecule has 24 heavy (non-hydrogen) atoms. The van der Waals surface area contributed by atoms with Crippen molar-refractivity contribution in [3.8, 4) is 0 Å². The van der Waals surface area contributed by atoms with E-state index in [0.717, 1.165) is 0 Å². The van der Waals surface area contributed by atoms with E-state index in [1.807, 2.05) is 35.4 Å². The predicted octanol–water partition coefficient (Wildman–Crippen LogP) is 2.17. The Hall–Kier alpha value is -1.88. The number of imidazole rings is 2. The predicted molar refractivity (Wildman–Crippen MR) is 80.7 cm³/mol. The van der Waals surface area contributed by atoms with Gasteiger partial charge in [-0.15, -0.1) is 0 Å². The maximum Gasteiger partial charge on any atom is 0.673 e. The zero-order valence-electron chi connectivity index (χ0n) is 13.3. The monoisotopic (exact) mass is 351 g/mol. The lowest BCUT2D eigenvalue weighted by atomic mass is 9.76. The molecule has 2 aromatic heterocycles. The molecule has 2 heterocycles. The standard InChI is InChI=1S/C13H20N4O2.BF4/c1-11(16-5-3-14-9-16)13(7-18,8-19)12(2)17-6-4-15-10-17;2-1(3,4)5/h3-6,9-12,18-19H,7-8H2,1-2H3;/q;-1. The summed E-state index contributed by atoms with van der Waals surface area (Å²) in [5.41, 5.74) is -0.693. The number of aromatic nitrogens is 4. The Bertz CT molecular complexity index is 525. The Kier molecular flexibility index (Phi) is 6.97. The molecule has 2 atom stereocenters. The SMILES string of the molecule is CC(n1ccnc1)C(CO)(CO)C(C)n1ccnc1.F[B-](F)(F)F. The van der Waals surface area contributed by atoms with Crippen molar-refractivity contribution in [1.82, 2.24) is 19.1 Å². The van der Waals surface area contributed by atoms with E-state index in [-0.39, 0.29) is 25.3 Å².